The fourth-order valence-corrected chi connectivity index (χ4v) is 2.90. The Morgan fingerprint density at radius 2 is 1.88 bits per heavy atom. The topological polar surface area (TPSA) is 80.1 Å². The summed E-state index contributed by atoms with van der Waals surface area (Å²) in [6, 6.07) is 18.4. The van der Waals surface area contributed by atoms with E-state index in [2.05, 4.69) is 10.1 Å². The molecule has 6 heteroatoms. The number of H-pyrrole nitrogens is 1. The van der Waals surface area contributed by atoms with Gasteiger partial charge >= 0.3 is 0 Å². The number of aromatic amines is 1. The summed E-state index contributed by atoms with van der Waals surface area (Å²) < 4.78 is 7.01. The number of hydrogen-bond acceptors (Lipinski definition) is 4. The summed E-state index contributed by atoms with van der Waals surface area (Å²) in [6.07, 6.45) is 0. The van der Waals surface area contributed by atoms with Crippen LogP contribution in [0.4, 0.5) is 0 Å². The minimum absolute atomic E-state index is 0.215. The van der Waals surface area contributed by atoms with E-state index in [0.717, 1.165) is 11.3 Å². The van der Waals surface area contributed by atoms with Crippen molar-refractivity contribution in [2.24, 2.45) is 0 Å². The molecule has 2 aromatic carbocycles. The van der Waals surface area contributed by atoms with Gasteiger partial charge in [-0.15, -0.1) is 0 Å². The van der Waals surface area contributed by atoms with Gasteiger partial charge in [-0.1, -0.05) is 30.3 Å². The van der Waals surface area contributed by atoms with Crippen molar-refractivity contribution in [1.29, 1.82) is 0 Å². The lowest BCUT2D eigenvalue weighted by molar-refractivity contribution is 0.415. The van der Waals surface area contributed by atoms with Crippen molar-refractivity contribution in [2.75, 3.05) is 7.11 Å². The van der Waals surface area contributed by atoms with Crippen LogP contribution in [-0.2, 0) is 0 Å². The number of nitrogens with zero attached hydrogens (tertiary/aromatic N) is 2. The molecule has 0 spiro atoms. The van der Waals surface area contributed by atoms with Crippen LogP contribution in [0.15, 0.2) is 65.5 Å². The molecule has 2 aromatic heterocycles. The van der Waals surface area contributed by atoms with Gasteiger partial charge in [-0.05, 0) is 24.3 Å². The van der Waals surface area contributed by atoms with Crippen LogP contribution in [0.1, 0.15) is 0 Å². The lowest BCUT2D eigenvalue weighted by atomic mass is 10.1. The Morgan fingerprint density at radius 1 is 1.08 bits per heavy atom. The number of rotatable bonds is 3. The van der Waals surface area contributed by atoms with Crippen molar-refractivity contribution in [1.82, 2.24) is 14.8 Å². The average molecular weight is 333 g/mol. The second-order valence-electron chi connectivity index (χ2n) is 5.57. The van der Waals surface area contributed by atoms with E-state index < -0.39 is 5.56 Å². The molecular formula is C19H15N3O3. The van der Waals surface area contributed by atoms with E-state index in [1.807, 2.05) is 54.6 Å². The molecule has 4 aromatic rings. The first-order chi connectivity index (χ1) is 12.2. The van der Waals surface area contributed by atoms with Crippen molar-refractivity contribution in [3.05, 3.63) is 71.0 Å². The van der Waals surface area contributed by atoms with E-state index in [1.54, 1.807) is 11.8 Å². The van der Waals surface area contributed by atoms with Gasteiger partial charge in [0.25, 0.3) is 5.56 Å². The van der Waals surface area contributed by atoms with Crippen LogP contribution in [0.5, 0.6) is 11.6 Å². The number of aromatic hydroxyl groups is 1. The van der Waals surface area contributed by atoms with E-state index in [9.17, 15) is 9.90 Å². The van der Waals surface area contributed by atoms with Gasteiger partial charge in [0.05, 0.1) is 23.9 Å². The Bertz CT molecular complexity index is 1110. The smallest absolute Gasteiger partial charge is 0.262 e. The highest BCUT2D eigenvalue weighted by molar-refractivity contribution is 5.94. The molecule has 4 rings (SSSR count). The lowest BCUT2D eigenvalue weighted by Crippen LogP contribution is -2.06. The second-order valence-corrected chi connectivity index (χ2v) is 5.57. The van der Waals surface area contributed by atoms with Gasteiger partial charge in [-0.2, -0.15) is 5.10 Å². The number of methoxy groups -OCH3 is 1. The predicted molar refractivity (Wildman–Crippen MR) is 95.3 cm³/mol. The monoisotopic (exact) mass is 333 g/mol. The number of benzene rings is 2. The standard InChI is InChI=1S/C19H15N3O3/c1-25-14-9-5-6-12(10-14)18-17-15(11-16(23)20-19(17)24)21-22(18)13-7-3-2-4-8-13/h2-11,23H,1H3,(H,20,24). The summed E-state index contributed by atoms with van der Waals surface area (Å²) in [5.74, 6) is 0.467. The van der Waals surface area contributed by atoms with Crippen LogP contribution >= 0.6 is 0 Å². The summed E-state index contributed by atoms with van der Waals surface area (Å²) in [6.45, 7) is 0. The van der Waals surface area contributed by atoms with Crippen molar-refractivity contribution < 1.29 is 9.84 Å². The Kier molecular flexibility index (Phi) is 3.50. The number of para-hydroxylation sites is 1. The first-order valence-corrected chi connectivity index (χ1v) is 7.72. The molecule has 0 radical (unpaired) electrons. The highest BCUT2D eigenvalue weighted by Crippen LogP contribution is 2.31. The van der Waals surface area contributed by atoms with Crippen LogP contribution in [0, 0.1) is 0 Å². The summed E-state index contributed by atoms with van der Waals surface area (Å²) in [5, 5.41) is 14.7. The van der Waals surface area contributed by atoms with Gasteiger partial charge in [0.15, 0.2) is 5.88 Å². The summed E-state index contributed by atoms with van der Waals surface area (Å²) in [4.78, 5) is 14.9. The van der Waals surface area contributed by atoms with Crippen molar-refractivity contribution in [3.8, 4) is 28.6 Å². The van der Waals surface area contributed by atoms with Gasteiger partial charge in [0.1, 0.15) is 11.3 Å². The Hall–Kier alpha value is -3.54. The highest BCUT2D eigenvalue weighted by Gasteiger charge is 2.18. The van der Waals surface area contributed by atoms with Gasteiger partial charge < -0.3 is 9.84 Å². The second kappa shape index (κ2) is 5.83. The molecule has 0 saturated heterocycles. The maximum atomic E-state index is 12.5. The van der Waals surface area contributed by atoms with E-state index in [1.165, 1.54) is 6.07 Å². The normalized spacial score (nSPS) is 10.9. The minimum atomic E-state index is -0.394. The molecule has 25 heavy (non-hydrogen) atoms. The number of pyridine rings is 1. The summed E-state index contributed by atoms with van der Waals surface area (Å²) >= 11 is 0. The first-order valence-electron chi connectivity index (χ1n) is 7.72. The zero-order valence-corrected chi connectivity index (χ0v) is 13.4. The maximum absolute atomic E-state index is 12.5. The molecule has 0 saturated carbocycles. The van der Waals surface area contributed by atoms with Crippen LogP contribution in [-0.4, -0.2) is 27.0 Å². The molecular weight excluding hydrogens is 318 g/mol. The Labute approximate surface area is 142 Å². The third kappa shape index (κ3) is 2.53. The van der Waals surface area contributed by atoms with E-state index in [0.29, 0.717) is 22.3 Å². The Balaban J connectivity index is 2.11. The third-order valence-corrected chi connectivity index (χ3v) is 4.00. The van der Waals surface area contributed by atoms with E-state index in [-0.39, 0.29) is 5.88 Å². The number of ether oxygens (including phenoxy) is 1. The van der Waals surface area contributed by atoms with E-state index in [4.69, 9.17) is 4.74 Å². The molecule has 2 N–H and O–H groups in total. The fraction of sp³-hybridized carbons (Fsp3) is 0.0526. The number of nitrogens with one attached hydrogen (secondary N) is 1. The summed E-state index contributed by atoms with van der Waals surface area (Å²) in [7, 11) is 1.59. The molecule has 0 amide bonds. The molecule has 6 nitrogen and oxygen atoms in total. The fourth-order valence-electron chi connectivity index (χ4n) is 2.90. The average Bonchev–Trinajstić information content (AvgIpc) is 3.02. The zero-order chi connectivity index (χ0) is 17.4. The number of hydrogen-bond donors (Lipinski definition) is 2. The molecule has 0 aliphatic carbocycles. The lowest BCUT2D eigenvalue weighted by Gasteiger charge is -2.09. The van der Waals surface area contributed by atoms with Gasteiger partial charge in [0, 0.05) is 11.6 Å². The molecule has 0 atom stereocenters. The van der Waals surface area contributed by atoms with Crippen LogP contribution in [0.2, 0.25) is 0 Å². The Morgan fingerprint density at radius 3 is 2.64 bits per heavy atom. The third-order valence-electron chi connectivity index (χ3n) is 4.00. The van der Waals surface area contributed by atoms with Crippen molar-refractivity contribution in [2.45, 2.75) is 0 Å². The summed E-state index contributed by atoms with van der Waals surface area (Å²) in [5.41, 5.74) is 2.27. The molecule has 2 heterocycles. The predicted octanol–water partition coefficient (Wildman–Crippen LogP) is 3.10. The highest BCUT2D eigenvalue weighted by atomic mass is 16.5. The van der Waals surface area contributed by atoms with Crippen molar-refractivity contribution >= 4 is 10.9 Å². The SMILES string of the molecule is COc1cccc(-c2c3c(=O)[nH]c(O)cc3nn2-c2ccccc2)c1. The van der Waals surface area contributed by atoms with Gasteiger partial charge in [0.2, 0.25) is 0 Å². The molecule has 0 aliphatic rings. The van der Waals surface area contributed by atoms with Crippen LogP contribution in [0.3, 0.4) is 0 Å². The zero-order valence-electron chi connectivity index (χ0n) is 13.4. The van der Waals surface area contributed by atoms with Crippen LogP contribution < -0.4 is 10.3 Å². The quantitative estimate of drug-likeness (QED) is 0.604. The molecule has 0 unspecified atom stereocenters. The molecule has 0 aliphatic heterocycles. The first kappa shape index (κ1) is 15.0. The van der Waals surface area contributed by atoms with E-state index >= 15 is 0 Å². The van der Waals surface area contributed by atoms with Gasteiger partial charge in [-0.25, -0.2) is 4.68 Å². The van der Waals surface area contributed by atoms with Gasteiger partial charge in [-0.3, -0.25) is 9.78 Å². The largest absolute Gasteiger partial charge is 0.497 e. The number of fused-ring (bicyclic) bond motifs is 1. The minimum Gasteiger partial charge on any atom is -0.497 e. The van der Waals surface area contributed by atoms with Crippen LogP contribution in [0.25, 0.3) is 27.8 Å². The molecule has 0 fully saturated rings. The number of aromatic nitrogens is 3. The molecule has 124 valence electrons. The maximum Gasteiger partial charge on any atom is 0.262 e. The molecule has 0 bridgehead atoms. The van der Waals surface area contributed by atoms with Crippen molar-refractivity contribution in [3.63, 3.8) is 0 Å².